The van der Waals surface area contributed by atoms with Gasteiger partial charge in [0.1, 0.15) is 0 Å². The van der Waals surface area contributed by atoms with Crippen molar-refractivity contribution < 1.29 is 0 Å². The standard InChI is InChI=1S/C4H5Br2/c1-3(5)4(2)6/h1H2,2H3/b4-3-. The second-order valence-corrected chi connectivity index (χ2v) is 3.09. The van der Waals surface area contributed by atoms with Gasteiger partial charge in [-0.25, -0.2) is 0 Å². The second kappa shape index (κ2) is 2.80. The van der Waals surface area contributed by atoms with Crippen LogP contribution >= 0.6 is 31.9 Å². The van der Waals surface area contributed by atoms with Crippen LogP contribution in [0.15, 0.2) is 8.96 Å². The van der Waals surface area contributed by atoms with Gasteiger partial charge in [-0.2, -0.15) is 0 Å². The SMILES string of the molecule is [CH2]/C(Br)=C(\C)Br. The zero-order valence-electron chi connectivity index (χ0n) is 3.46. The number of hydrogen-bond donors (Lipinski definition) is 0. The first kappa shape index (κ1) is 6.70. The van der Waals surface area contributed by atoms with Crippen LogP contribution < -0.4 is 0 Å². The van der Waals surface area contributed by atoms with Gasteiger partial charge < -0.3 is 0 Å². The largest absolute Gasteiger partial charge is 0.0551 e. The van der Waals surface area contributed by atoms with Crippen molar-refractivity contribution in [1.82, 2.24) is 0 Å². The summed E-state index contributed by atoms with van der Waals surface area (Å²) < 4.78 is 1.95. The van der Waals surface area contributed by atoms with Crippen LogP contribution in [0.3, 0.4) is 0 Å². The summed E-state index contributed by atoms with van der Waals surface area (Å²) in [6.45, 7) is 5.52. The van der Waals surface area contributed by atoms with E-state index in [2.05, 4.69) is 38.8 Å². The van der Waals surface area contributed by atoms with Crippen molar-refractivity contribution in [3.8, 4) is 0 Å². The molecule has 0 aromatic rings. The van der Waals surface area contributed by atoms with Crippen LogP contribution in [-0.4, -0.2) is 0 Å². The molecule has 0 saturated heterocycles. The molecule has 6 heavy (non-hydrogen) atoms. The van der Waals surface area contributed by atoms with E-state index in [9.17, 15) is 0 Å². The van der Waals surface area contributed by atoms with Crippen molar-refractivity contribution in [1.29, 1.82) is 0 Å². The van der Waals surface area contributed by atoms with Gasteiger partial charge in [0, 0.05) is 8.96 Å². The normalized spacial score (nSPS) is 14.0. The summed E-state index contributed by atoms with van der Waals surface area (Å²) in [6, 6.07) is 0. The maximum Gasteiger partial charge on any atom is 0.00524 e. The molecule has 0 aliphatic carbocycles. The van der Waals surface area contributed by atoms with Crippen molar-refractivity contribution in [3.63, 3.8) is 0 Å². The Labute approximate surface area is 54.9 Å². The highest BCUT2D eigenvalue weighted by Crippen LogP contribution is 2.14. The highest BCUT2D eigenvalue weighted by molar-refractivity contribution is 9.14. The molecular formula is C4H5Br2. The van der Waals surface area contributed by atoms with E-state index in [1.807, 2.05) is 6.92 Å². The van der Waals surface area contributed by atoms with E-state index < -0.39 is 0 Å². The van der Waals surface area contributed by atoms with Gasteiger partial charge in [0.05, 0.1) is 0 Å². The summed E-state index contributed by atoms with van der Waals surface area (Å²) in [5.74, 6) is 0. The van der Waals surface area contributed by atoms with Crippen LogP contribution in [-0.2, 0) is 0 Å². The van der Waals surface area contributed by atoms with Gasteiger partial charge in [0.2, 0.25) is 0 Å². The molecule has 0 aliphatic rings. The van der Waals surface area contributed by atoms with E-state index in [0.717, 1.165) is 8.96 Å². The average molecular weight is 213 g/mol. The molecule has 0 aromatic carbocycles. The second-order valence-electron chi connectivity index (χ2n) is 0.938. The number of hydrogen-bond acceptors (Lipinski definition) is 0. The Kier molecular flexibility index (Phi) is 3.13. The fourth-order valence-electron chi connectivity index (χ4n) is 0. The fraction of sp³-hybridized carbons (Fsp3) is 0.250. The molecule has 0 amide bonds. The maximum absolute atomic E-state index is 3.59. The average Bonchev–Trinajstić information content (AvgIpc) is 1.36. The Balaban J connectivity index is 3.68. The summed E-state index contributed by atoms with van der Waals surface area (Å²) in [5.41, 5.74) is 0. The summed E-state index contributed by atoms with van der Waals surface area (Å²) >= 11 is 6.37. The lowest BCUT2D eigenvalue weighted by molar-refractivity contribution is 1.68. The predicted molar refractivity (Wildman–Crippen MR) is 35.9 cm³/mol. The third-order valence-corrected chi connectivity index (χ3v) is 1.98. The van der Waals surface area contributed by atoms with Crippen LogP contribution in [0.4, 0.5) is 0 Å². The third-order valence-electron chi connectivity index (χ3n) is 0.374. The molecule has 0 aliphatic heterocycles. The molecule has 0 atom stereocenters. The molecule has 0 N–H and O–H groups in total. The molecule has 0 aromatic heterocycles. The van der Waals surface area contributed by atoms with Crippen molar-refractivity contribution in [3.05, 3.63) is 15.9 Å². The van der Waals surface area contributed by atoms with Crippen LogP contribution in [0.25, 0.3) is 0 Å². The molecule has 0 unspecified atom stereocenters. The highest BCUT2D eigenvalue weighted by Gasteiger charge is 1.80. The quantitative estimate of drug-likeness (QED) is 0.580. The third kappa shape index (κ3) is 2.91. The summed E-state index contributed by atoms with van der Waals surface area (Å²) in [5, 5.41) is 0. The highest BCUT2D eigenvalue weighted by atomic mass is 79.9. The molecule has 35 valence electrons. The van der Waals surface area contributed by atoms with Gasteiger partial charge in [-0.15, -0.1) is 0 Å². The Hall–Kier alpha value is 0.700. The first-order chi connectivity index (χ1) is 2.64. The van der Waals surface area contributed by atoms with Crippen molar-refractivity contribution >= 4 is 31.9 Å². The van der Waals surface area contributed by atoms with Crippen molar-refractivity contribution in [2.75, 3.05) is 0 Å². The maximum atomic E-state index is 3.59. The predicted octanol–water partition coefficient (Wildman–Crippen LogP) is 2.84. The molecule has 0 bridgehead atoms. The van der Waals surface area contributed by atoms with E-state index >= 15 is 0 Å². The number of halogens is 2. The van der Waals surface area contributed by atoms with Crippen LogP contribution in [0.5, 0.6) is 0 Å². The Bertz CT molecular complexity index is 55.6. The van der Waals surface area contributed by atoms with E-state index in [4.69, 9.17) is 0 Å². The van der Waals surface area contributed by atoms with Gasteiger partial charge in [0.25, 0.3) is 0 Å². The van der Waals surface area contributed by atoms with Crippen LogP contribution in [0.2, 0.25) is 0 Å². The minimum Gasteiger partial charge on any atom is -0.0551 e. The lowest BCUT2D eigenvalue weighted by Crippen LogP contribution is -1.56. The molecular weight excluding hydrogens is 208 g/mol. The summed E-state index contributed by atoms with van der Waals surface area (Å²) in [7, 11) is 0. The smallest absolute Gasteiger partial charge is 0.00524 e. The monoisotopic (exact) mass is 211 g/mol. The molecule has 2 heteroatoms. The Morgan fingerprint density at radius 3 is 1.67 bits per heavy atom. The van der Waals surface area contributed by atoms with Crippen LogP contribution in [0.1, 0.15) is 6.92 Å². The van der Waals surface area contributed by atoms with Gasteiger partial charge in [-0.05, 0) is 13.8 Å². The molecule has 0 nitrogen and oxygen atoms in total. The van der Waals surface area contributed by atoms with Gasteiger partial charge >= 0.3 is 0 Å². The van der Waals surface area contributed by atoms with Gasteiger partial charge in [-0.1, -0.05) is 31.9 Å². The lowest BCUT2D eigenvalue weighted by atomic mass is 10.6. The minimum absolute atomic E-state index is 0.905. The zero-order valence-corrected chi connectivity index (χ0v) is 6.64. The first-order valence-electron chi connectivity index (χ1n) is 1.48. The van der Waals surface area contributed by atoms with Crippen LogP contribution in [0, 0.1) is 6.92 Å². The van der Waals surface area contributed by atoms with Gasteiger partial charge in [0.15, 0.2) is 0 Å². The number of allylic oxidation sites excluding steroid dienone is 2. The topological polar surface area (TPSA) is 0 Å². The minimum atomic E-state index is 0.905. The van der Waals surface area contributed by atoms with E-state index in [1.54, 1.807) is 0 Å². The molecule has 0 saturated carbocycles. The molecule has 0 fully saturated rings. The molecule has 0 rings (SSSR count). The van der Waals surface area contributed by atoms with Gasteiger partial charge in [-0.3, -0.25) is 0 Å². The molecule has 1 radical (unpaired) electrons. The Morgan fingerprint density at radius 2 is 1.67 bits per heavy atom. The number of rotatable bonds is 0. The fourth-order valence-corrected chi connectivity index (χ4v) is 0. The zero-order chi connectivity index (χ0) is 5.15. The van der Waals surface area contributed by atoms with E-state index in [0.29, 0.717) is 0 Å². The van der Waals surface area contributed by atoms with E-state index in [-0.39, 0.29) is 0 Å². The summed E-state index contributed by atoms with van der Waals surface area (Å²) in [4.78, 5) is 0. The summed E-state index contributed by atoms with van der Waals surface area (Å²) in [6.07, 6.45) is 0. The Morgan fingerprint density at radius 1 is 1.50 bits per heavy atom. The molecule has 0 spiro atoms. The van der Waals surface area contributed by atoms with Crippen molar-refractivity contribution in [2.45, 2.75) is 6.92 Å². The first-order valence-corrected chi connectivity index (χ1v) is 3.07. The lowest BCUT2D eigenvalue weighted by Gasteiger charge is -1.82. The molecule has 0 heterocycles. The van der Waals surface area contributed by atoms with E-state index in [1.165, 1.54) is 0 Å². The van der Waals surface area contributed by atoms with Crippen molar-refractivity contribution in [2.24, 2.45) is 0 Å².